The quantitative estimate of drug-likeness (QED) is 0.806. The maximum absolute atomic E-state index is 13.5. The molecule has 0 radical (unpaired) electrons. The second kappa shape index (κ2) is 5.19. The lowest BCUT2D eigenvalue weighted by molar-refractivity contribution is 0.497. The second-order valence-corrected chi connectivity index (χ2v) is 5.12. The minimum atomic E-state index is -1.18. The van der Waals surface area contributed by atoms with Crippen LogP contribution in [0.2, 0.25) is 0 Å². The van der Waals surface area contributed by atoms with Gasteiger partial charge in [0, 0.05) is 18.7 Å². The Labute approximate surface area is 115 Å². The molecule has 0 aliphatic heterocycles. The lowest BCUT2D eigenvalue weighted by Crippen LogP contribution is -2.04. The summed E-state index contributed by atoms with van der Waals surface area (Å²) in [5, 5.41) is 2.74. The SMILES string of the molecule is Fc1cc(F)c(F)c(NCc2cccc(C3CC3)c2)c1. The van der Waals surface area contributed by atoms with E-state index >= 15 is 0 Å². The molecule has 1 nitrogen and oxygen atoms in total. The van der Waals surface area contributed by atoms with Crippen LogP contribution in [0.3, 0.4) is 0 Å². The fourth-order valence-corrected chi connectivity index (χ4v) is 2.26. The minimum absolute atomic E-state index is 0.153. The molecule has 0 amide bonds. The number of nitrogens with one attached hydrogen (secondary N) is 1. The lowest BCUT2D eigenvalue weighted by Gasteiger charge is -2.09. The Bertz CT molecular complexity index is 636. The van der Waals surface area contributed by atoms with Crippen LogP contribution in [0.15, 0.2) is 36.4 Å². The Kier molecular flexibility index (Phi) is 3.38. The summed E-state index contributed by atoms with van der Waals surface area (Å²) in [6, 6.07) is 9.48. The number of anilines is 1. The van der Waals surface area contributed by atoms with Gasteiger partial charge in [0.2, 0.25) is 0 Å². The minimum Gasteiger partial charge on any atom is -0.378 e. The predicted octanol–water partition coefficient (Wildman–Crippen LogP) is 4.59. The largest absolute Gasteiger partial charge is 0.378 e. The maximum atomic E-state index is 13.5. The highest BCUT2D eigenvalue weighted by molar-refractivity contribution is 5.46. The molecule has 4 heteroatoms. The molecule has 2 aromatic rings. The molecule has 1 aliphatic rings. The Morgan fingerprint density at radius 2 is 1.85 bits per heavy atom. The standard InChI is InChI=1S/C16H14F3N/c17-13-7-14(18)16(19)15(8-13)20-9-10-2-1-3-12(6-10)11-4-5-11/h1-3,6-8,11,20H,4-5,9H2. The van der Waals surface area contributed by atoms with Crippen molar-refractivity contribution in [2.24, 2.45) is 0 Å². The van der Waals surface area contributed by atoms with Crippen LogP contribution in [0, 0.1) is 17.5 Å². The van der Waals surface area contributed by atoms with E-state index < -0.39 is 17.5 Å². The van der Waals surface area contributed by atoms with E-state index in [0.29, 0.717) is 18.5 Å². The number of hydrogen-bond donors (Lipinski definition) is 1. The maximum Gasteiger partial charge on any atom is 0.182 e. The molecule has 0 aromatic heterocycles. The molecule has 0 atom stereocenters. The van der Waals surface area contributed by atoms with Crippen molar-refractivity contribution in [2.75, 3.05) is 5.32 Å². The molecule has 2 aromatic carbocycles. The summed E-state index contributed by atoms with van der Waals surface area (Å²) >= 11 is 0. The van der Waals surface area contributed by atoms with Crippen LogP contribution in [0.5, 0.6) is 0 Å². The van der Waals surface area contributed by atoms with Crippen molar-refractivity contribution in [1.82, 2.24) is 0 Å². The van der Waals surface area contributed by atoms with Gasteiger partial charge >= 0.3 is 0 Å². The van der Waals surface area contributed by atoms with E-state index in [4.69, 9.17) is 0 Å². The summed E-state index contributed by atoms with van der Waals surface area (Å²) in [5.41, 5.74) is 2.09. The van der Waals surface area contributed by atoms with Crippen molar-refractivity contribution in [2.45, 2.75) is 25.3 Å². The Hall–Kier alpha value is -1.97. The van der Waals surface area contributed by atoms with E-state index in [1.165, 1.54) is 18.4 Å². The van der Waals surface area contributed by atoms with Gasteiger partial charge in [-0.05, 0) is 29.9 Å². The van der Waals surface area contributed by atoms with E-state index in [1.54, 1.807) is 0 Å². The first kappa shape index (κ1) is 13.0. The van der Waals surface area contributed by atoms with Gasteiger partial charge in [-0.3, -0.25) is 0 Å². The molecule has 104 valence electrons. The molecule has 1 fully saturated rings. The molecule has 0 saturated heterocycles. The van der Waals surface area contributed by atoms with Gasteiger partial charge in [-0.2, -0.15) is 0 Å². The average Bonchev–Trinajstić information content (AvgIpc) is 3.26. The first-order valence-corrected chi connectivity index (χ1v) is 6.61. The number of hydrogen-bond acceptors (Lipinski definition) is 1. The Morgan fingerprint density at radius 3 is 2.60 bits per heavy atom. The Morgan fingerprint density at radius 1 is 1.05 bits per heavy atom. The molecule has 1 aliphatic carbocycles. The van der Waals surface area contributed by atoms with E-state index in [0.717, 1.165) is 11.6 Å². The van der Waals surface area contributed by atoms with Crippen molar-refractivity contribution in [3.63, 3.8) is 0 Å². The monoisotopic (exact) mass is 277 g/mol. The van der Waals surface area contributed by atoms with Gasteiger partial charge < -0.3 is 5.32 Å². The summed E-state index contributed by atoms with van der Waals surface area (Å²) < 4.78 is 39.7. The van der Waals surface area contributed by atoms with Gasteiger partial charge in [0.25, 0.3) is 0 Å². The second-order valence-electron chi connectivity index (χ2n) is 5.12. The van der Waals surface area contributed by atoms with Crippen LogP contribution < -0.4 is 5.32 Å². The van der Waals surface area contributed by atoms with Crippen LogP contribution in [-0.4, -0.2) is 0 Å². The normalized spacial score (nSPS) is 14.3. The number of benzene rings is 2. The molecule has 0 spiro atoms. The number of halogens is 3. The van der Waals surface area contributed by atoms with Gasteiger partial charge in [-0.1, -0.05) is 24.3 Å². The fourth-order valence-electron chi connectivity index (χ4n) is 2.26. The smallest absolute Gasteiger partial charge is 0.182 e. The van der Waals surface area contributed by atoms with Gasteiger partial charge in [-0.25, -0.2) is 13.2 Å². The topological polar surface area (TPSA) is 12.0 Å². The number of rotatable bonds is 4. The zero-order valence-corrected chi connectivity index (χ0v) is 10.8. The lowest BCUT2D eigenvalue weighted by atomic mass is 10.1. The third-order valence-electron chi connectivity index (χ3n) is 3.48. The first-order chi connectivity index (χ1) is 9.63. The van der Waals surface area contributed by atoms with E-state index in [2.05, 4.69) is 17.4 Å². The molecular weight excluding hydrogens is 263 g/mol. The molecule has 0 unspecified atom stereocenters. The first-order valence-electron chi connectivity index (χ1n) is 6.61. The molecule has 0 heterocycles. The average molecular weight is 277 g/mol. The summed E-state index contributed by atoms with van der Waals surface area (Å²) in [6.07, 6.45) is 2.42. The van der Waals surface area contributed by atoms with Gasteiger partial charge in [0.1, 0.15) is 5.82 Å². The fraction of sp³-hybridized carbons (Fsp3) is 0.250. The van der Waals surface area contributed by atoms with Gasteiger partial charge in [-0.15, -0.1) is 0 Å². The highest BCUT2D eigenvalue weighted by Crippen LogP contribution is 2.40. The van der Waals surface area contributed by atoms with Crippen LogP contribution in [-0.2, 0) is 6.54 Å². The van der Waals surface area contributed by atoms with Gasteiger partial charge in [0.05, 0.1) is 5.69 Å². The molecule has 1 N–H and O–H groups in total. The van der Waals surface area contributed by atoms with Gasteiger partial charge in [0.15, 0.2) is 11.6 Å². The molecular formula is C16H14F3N. The van der Waals surface area contributed by atoms with E-state index in [-0.39, 0.29) is 5.69 Å². The van der Waals surface area contributed by atoms with E-state index in [1.807, 2.05) is 12.1 Å². The zero-order chi connectivity index (χ0) is 14.1. The third-order valence-corrected chi connectivity index (χ3v) is 3.48. The van der Waals surface area contributed by atoms with Crippen molar-refractivity contribution in [1.29, 1.82) is 0 Å². The van der Waals surface area contributed by atoms with Crippen molar-refractivity contribution < 1.29 is 13.2 Å². The van der Waals surface area contributed by atoms with Crippen molar-refractivity contribution in [3.05, 3.63) is 65.0 Å². The molecule has 1 saturated carbocycles. The van der Waals surface area contributed by atoms with Crippen LogP contribution in [0.1, 0.15) is 29.9 Å². The molecule has 20 heavy (non-hydrogen) atoms. The highest BCUT2D eigenvalue weighted by Gasteiger charge is 2.23. The van der Waals surface area contributed by atoms with Crippen molar-refractivity contribution >= 4 is 5.69 Å². The molecule has 0 bridgehead atoms. The Balaban J connectivity index is 1.74. The van der Waals surface area contributed by atoms with Crippen LogP contribution in [0.25, 0.3) is 0 Å². The highest BCUT2D eigenvalue weighted by atomic mass is 19.2. The predicted molar refractivity (Wildman–Crippen MR) is 72.1 cm³/mol. The van der Waals surface area contributed by atoms with E-state index in [9.17, 15) is 13.2 Å². The van der Waals surface area contributed by atoms with Crippen LogP contribution >= 0.6 is 0 Å². The third kappa shape index (κ3) is 2.79. The summed E-state index contributed by atoms with van der Waals surface area (Å²) in [5.74, 6) is -2.39. The summed E-state index contributed by atoms with van der Waals surface area (Å²) in [7, 11) is 0. The van der Waals surface area contributed by atoms with Crippen molar-refractivity contribution in [3.8, 4) is 0 Å². The summed E-state index contributed by atoms with van der Waals surface area (Å²) in [4.78, 5) is 0. The zero-order valence-electron chi connectivity index (χ0n) is 10.8. The summed E-state index contributed by atoms with van der Waals surface area (Å²) in [6.45, 7) is 0.334. The molecule has 3 rings (SSSR count). The van der Waals surface area contributed by atoms with Crippen LogP contribution in [0.4, 0.5) is 18.9 Å².